The van der Waals surface area contributed by atoms with Crippen molar-refractivity contribution in [2.45, 2.75) is 19.4 Å². The van der Waals surface area contributed by atoms with E-state index in [2.05, 4.69) is 10.3 Å². The number of halogens is 1. The van der Waals surface area contributed by atoms with Crippen molar-refractivity contribution in [1.82, 2.24) is 10.3 Å². The molecule has 0 fully saturated rings. The molecule has 2 atom stereocenters. The van der Waals surface area contributed by atoms with E-state index < -0.39 is 10.8 Å². The van der Waals surface area contributed by atoms with Crippen LogP contribution < -0.4 is 5.32 Å². The van der Waals surface area contributed by atoms with Crippen molar-refractivity contribution >= 4 is 10.8 Å². The molecule has 2 unspecified atom stereocenters. The molecule has 16 heavy (non-hydrogen) atoms. The Balaban J connectivity index is 2.32. The Bertz CT molecular complexity index is 342. The molecule has 0 amide bonds. The number of nitrogens with zero attached hydrogens (tertiary/aromatic N) is 1. The molecule has 0 bridgehead atoms. The summed E-state index contributed by atoms with van der Waals surface area (Å²) in [5.41, 5.74) is 0.819. The van der Waals surface area contributed by atoms with Crippen molar-refractivity contribution in [2.24, 2.45) is 0 Å². The van der Waals surface area contributed by atoms with Crippen molar-refractivity contribution in [3.8, 4) is 0 Å². The van der Waals surface area contributed by atoms with E-state index in [1.54, 1.807) is 12.3 Å². The number of rotatable bonds is 6. The first kappa shape index (κ1) is 13.3. The molecule has 1 aromatic rings. The van der Waals surface area contributed by atoms with Crippen LogP contribution in [0.2, 0.25) is 0 Å². The second-order valence-corrected chi connectivity index (χ2v) is 5.26. The molecule has 0 aromatic carbocycles. The maximum Gasteiger partial charge on any atom is 0.141 e. The molecule has 0 aliphatic carbocycles. The molecule has 5 heteroatoms. The van der Waals surface area contributed by atoms with Gasteiger partial charge >= 0.3 is 0 Å². The lowest BCUT2D eigenvalue weighted by atomic mass is 10.2. The predicted molar refractivity (Wildman–Crippen MR) is 64.2 cm³/mol. The van der Waals surface area contributed by atoms with Crippen LogP contribution in [0.15, 0.2) is 18.3 Å². The summed E-state index contributed by atoms with van der Waals surface area (Å²) < 4.78 is 23.5. The normalized spacial score (nSPS) is 14.7. The van der Waals surface area contributed by atoms with Crippen LogP contribution in [0.5, 0.6) is 0 Å². The summed E-state index contributed by atoms with van der Waals surface area (Å²) in [6.45, 7) is 2.77. The second-order valence-electron chi connectivity index (χ2n) is 3.71. The van der Waals surface area contributed by atoms with E-state index in [9.17, 15) is 8.60 Å². The highest BCUT2D eigenvalue weighted by atomic mass is 32.2. The van der Waals surface area contributed by atoms with Gasteiger partial charge in [0.2, 0.25) is 0 Å². The van der Waals surface area contributed by atoms with Gasteiger partial charge in [-0.1, -0.05) is 0 Å². The Hall–Kier alpha value is -0.810. The Morgan fingerprint density at radius 3 is 2.88 bits per heavy atom. The molecular formula is C11H17FN2OS. The van der Waals surface area contributed by atoms with Crippen LogP contribution in [-0.4, -0.2) is 27.7 Å². The second kappa shape index (κ2) is 6.70. The van der Waals surface area contributed by atoms with E-state index >= 15 is 0 Å². The summed E-state index contributed by atoms with van der Waals surface area (Å²) in [7, 11) is -0.733. The van der Waals surface area contributed by atoms with E-state index in [0.717, 1.165) is 18.7 Å². The average molecular weight is 244 g/mol. The number of hydrogen-bond acceptors (Lipinski definition) is 3. The minimum atomic E-state index is -0.733. The van der Waals surface area contributed by atoms with Gasteiger partial charge < -0.3 is 5.32 Å². The van der Waals surface area contributed by atoms with Crippen LogP contribution in [0.1, 0.15) is 25.1 Å². The van der Waals surface area contributed by atoms with E-state index in [1.165, 1.54) is 12.3 Å². The van der Waals surface area contributed by atoms with Crippen molar-refractivity contribution in [2.75, 3.05) is 18.6 Å². The summed E-state index contributed by atoms with van der Waals surface area (Å²) in [5, 5.41) is 3.25. The van der Waals surface area contributed by atoms with Crippen LogP contribution in [0.3, 0.4) is 0 Å². The van der Waals surface area contributed by atoms with Crippen molar-refractivity contribution in [3.63, 3.8) is 0 Å². The summed E-state index contributed by atoms with van der Waals surface area (Å²) in [5.74, 6) is 0.383. The van der Waals surface area contributed by atoms with E-state index in [-0.39, 0.29) is 11.9 Å². The monoisotopic (exact) mass is 244 g/mol. The van der Waals surface area contributed by atoms with Crippen LogP contribution in [0, 0.1) is 5.82 Å². The third-order valence-corrected chi connectivity index (χ3v) is 3.12. The lowest BCUT2D eigenvalue weighted by molar-refractivity contribution is 0.552. The molecule has 3 nitrogen and oxygen atoms in total. The number of hydrogen-bond donors (Lipinski definition) is 1. The molecule has 0 radical (unpaired) electrons. The van der Waals surface area contributed by atoms with Gasteiger partial charge in [-0.25, -0.2) is 4.39 Å². The molecule has 1 heterocycles. The van der Waals surface area contributed by atoms with Crippen molar-refractivity contribution in [1.29, 1.82) is 0 Å². The minimum Gasteiger partial charge on any atom is -0.309 e. The van der Waals surface area contributed by atoms with Gasteiger partial charge in [0.05, 0.1) is 11.9 Å². The zero-order chi connectivity index (χ0) is 12.0. The van der Waals surface area contributed by atoms with Gasteiger partial charge in [0.15, 0.2) is 0 Å². The maximum atomic E-state index is 12.6. The highest BCUT2D eigenvalue weighted by molar-refractivity contribution is 7.84. The fourth-order valence-corrected chi connectivity index (χ4v) is 1.89. The number of nitrogens with one attached hydrogen (secondary N) is 1. The third-order valence-electron chi connectivity index (χ3n) is 2.25. The Morgan fingerprint density at radius 1 is 1.56 bits per heavy atom. The van der Waals surface area contributed by atoms with E-state index in [4.69, 9.17) is 0 Å². The number of aromatic nitrogens is 1. The van der Waals surface area contributed by atoms with Gasteiger partial charge in [0.25, 0.3) is 0 Å². The highest BCUT2D eigenvalue weighted by Crippen LogP contribution is 2.08. The smallest absolute Gasteiger partial charge is 0.141 e. The van der Waals surface area contributed by atoms with Gasteiger partial charge in [-0.2, -0.15) is 0 Å². The molecule has 1 rings (SSSR count). The van der Waals surface area contributed by atoms with E-state index in [1.807, 2.05) is 6.92 Å². The quantitative estimate of drug-likeness (QED) is 0.774. The highest BCUT2D eigenvalue weighted by Gasteiger charge is 2.05. The Kier molecular flexibility index (Phi) is 5.55. The van der Waals surface area contributed by atoms with Crippen LogP contribution in [0.25, 0.3) is 0 Å². The largest absolute Gasteiger partial charge is 0.309 e. The Labute approximate surface area is 97.9 Å². The molecule has 1 N–H and O–H groups in total. The van der Waals surface area contributed by atoms with Crippen molar-refractivity contribution in [3.05, 3.63) is 29.8 Å². The van der Waals surface area contributed by atoms with Crippen LogP contribution in [0.4, 0.5) is 4.39 Å². The van der Waals surface area contributed by atoms with Gasteiger partial charge in [0, 0.05) is 28.9 Å². The van der Waals surface area contributed by atoms with Gasteiger partial charge in [-0.05, 0) is 32.0 Å². The standard InChI is InChI=1S/C11H17FN2OS/c1-9(13-6-3-7-16(2)15)11-5-4-10(12)8-14-11/h4-5,8-9,13H,3,6-7H2,1-2H3. The zero-order valence-corrected chi connectivity index (χ0v) is 10.4. The molecule has 0 aliphatic heterocycles. The molecule has 0 saturated carbocycles. The van der Waals surface area contributed by atoms with Crippen molar-refractivity contribution < 1.29 is 8.60 Å². The molecule has 90 valence electrons. The molecule has 0 saturated heterocycles. The molecule has 1 aromatic heterocycles. The molecular weight excluding hydrogens is 227 g/mol. The first-order chi connectivity index (χ1) is 7.59. The maximum absolute atomic E-state index is 12.6. The van der Waals surface area contributed by atoms with Crippen LogP contribution in [-0.2, 0) is 10.8 Å². The molecule has 0 spiro atoms. The average Bonchev–Trinajstić information content (AvgIpc) is 2.25. The summed E-state index contributed by atoms with van der Waals surface area (Å²) in [6.07, 6.45) is 3.79. The Morgan fingerprint density at radius 2 is 2.31 bits per heavy atom. The van der Waals surface area contributed by atoms with E-state index in [0.29, 0.717) is 5.75 Å². The topological polar surface area (TPSA) is 42.0 Å². The fourth-order valence-electron chi connectivity index (χ4n) is 1.34. The lowest BCUT2D eigenvalue weighted by Crippen LogP contribution is -2.21. The SMILES string of the molecule is CC(NCCCS(C)=O)c1ccc(F)cn1. The first-order valence-corrected chi connectivity index (χ1v) is 6.97. The van der Waals surface area contributed by atoms with Gasteiger partial charge in [-0.15, -0.1) is 0 Å². The van der Waals surface area contributed by atoms with Gasteiger partial charge in [-0.3, -0.25) is 9.19 Å². The van der Waals surface area contributed by atoms with Crippen LogP contribution >= 0.6 is 0 Å². The lowest BCUT2D eigenvalue weighted by Gasteiger charge is -2.12. The molecule has 0 aliphatic rings. The summed E-state index contributed by atoms with van der Waals surface area (Å²) >= 11 is 0. The summed E-state index contributed by atoms with van der Waals surface area (Å²) in [6, 6.07) is 3.16. The minimum absolute atomic E-state index is 0.0888. The number of pyridine rings is 1. The summed E-state index contributed by atoms with van der Waals surface area (Å²) in [4.78, 5) is 3.99. The first-order valence-electron chi connectivity index (χ1n) is 5.24. The predicted octanol–water partition coefficient (Wildman–Crippen LogP) is 1.64. The zero-order valence-electron chi connectivity index (χ0n) is 9.57. The fraction of sp³-hybridized carbons (Fsp3) is 0.545. The third kappa shape index (κ3) is 4.81. The van der Waals surface area contributed by atoms with Gasteiger partial charge in [0.1, 0.15) is 5.82 Å².